The number of carbonyl (C=O) groups is 2. The summed E-state index contributed by atoms with van der Waals surface area (Å²) in [5.41, 5.74) is 5.28. The van der Waals surface area contributed by atoms with Crippen molar-refractivity contribution in [1.82, 2.24) is 10.2 Å². The summed E-state index contributed by atoms with van der Waals surface area (Å²) in [6, 6.07) is 0. The van der Waals surface area contributed by atoms with E-state index in [9.17, 15) is 9.59 Å². The molecule has 0 aliphatic carbocycles. The Hall–Kier alpha value is -0.980. The summed E-state index contributed by atoms with van der Waals surface area (Å²) in [5, 5.41) is 2.39. The standard InChI is InChI=1S/C12H21N3O3/c13-12(8-18-9-12)7-11(17)14-10(16)3-6-15-4-1-2-5-15/h1-9,13H2,(H,14,16,17). The van der Waals surface area contributed by atoms with Crippen molar-refractivity contribution in [1.29, 1.82) is 0 Å². The van der Waals surface area contributed by atoms with E-state index in [1.165, 1.54) is 12.8 Å². The van der Waals surface area contributed by atoms with Gasteiger partial charge in [0, 0.05) is 19.4 Å². The lowest BCUT2D eigenvalue weighted by molar-refractivity contribution is -0.134. The molecule has 102 valence electrons. The molecule has 0 radical (unpaired) electrons. The highest BCUT2D eigenvalue weighted by atomic mass is 16.5. The highest BCUT2D eigenvalue weighted by Gasteiger charge is 2.36. The number of imide groups is 1. The number of hydrogen-bond donors (Lipinski definition) is 2. The third-order valence-electron chi connectivity index (χ3n) is 3.42. The lowest BCUT2D eigenvalue weighted by Gasteiger charge is -2.36. The molecule has 6 nitrogen and oxygen atoms in total. The Labute approximate surface area is 107 Å². The van der Waals surface area contributed by atoms with E-state index >= 15 is 0 Å². The van der Waals surface area contributed by atoms with Gasteiger partial charge in [0.2, 0.25) is 11.8 Å². The van der Waals surface area contributed by atoms with Crippen molar-refractivity contribution in [2.45, 2.75) is 31.2 Å². The minimum Gasteiger partial charge on any atom is -0.377 e. The van der Waals surface area contributed by atoms with Gasteiger partial charge in [-0.3, -0.25) is 14.9 Å². The molecule has 2 fully saturated rings. The number of nitrogens with two attached hydrogens (primary N) is 1. The van der Waals surface area contributed by atoms with Gasteiger partial charge in [-0.1, -0.05) is 0 Å². The number of likely N-dealkylation sites (tertiary alicyclic amines) is 1. The second-order valence-electron chi connectivity index (χ2n) is 5.30. The van der Waals surface area contributed by atoms with Crippen LogP contribution in [0.2, 0.25) is 0 Å². The van der Waals surface area contributed by atoms with Gasteiger partial charge in [0.05, 0.1) is 18.8 Å². The van der Waals surface area contributed by atoms with E-state index in [1.807, 2.05) is 0 Å². The Bertz CT molecular complexity index is 323. The van der Waals surface area contributed by atoms with Crippen LogP contribution in [0.5, 0.6) is 0 Å². The van der Waals surface area contributed by atoms with E-state index in [4.69, 9.17) is 10.5 Å². The summed E-state index contributed by atoms with van der Waals surface area (Å²) >= 11 is 0. The Morgan fingerprint density at radius 3 is 2.44 bits per heavy atom. The third kappa shape index (κ3) is 3.76. The van der Waals surface area contributed by atoms with Gasteiger partial charge >= 0.3 is 0 Å². The molecule has 2 rings (SSSR count). The molecule has 0 bridgehead atoms. The van der Waals surface area contributed by atoms with Crippen LogP contribution in [0.1, 0.15) is 25.7 Å². The first-order chi connectivity index (χ1) is 8.57. The van der Waals surface area contributed by atoms with Gasteiger partial charge in [-0.15, -0.1) is 0 Å². The average Bonchev–Trinajstić information content (AvgIpc) is 2.76. The second kappa shape index (κ2) is 5.77. The summed E-state index contributed by atoms with van der Waals surface area (Å²) in [4.78, 5) is 25.4. The van der Waals surface area contributed by atoms with Gasteiger partial charge < -0.3 is 15.4 Å². The van der Waals surface area contributed by atoms with Gasteiger partial charge in [0.1, 0.15) is 0 Å². The first-order valence-corrected chi connectivity index (χ1v) is 6.49. The fourth-order valence-corrected chi connectivity index (χ4v) is 2.31. The zero-order valence-electron chi connectivity index (χ0n) is 10.6. The van der Waals surface area contributed by atoms with E-state index in [0.717, 1.165) is 19.6 Å². The fourth-order valence-electron chi connectivity index (χ4n) is 2.31. The molecular weight excluding hydrogens is 234 g/mol. The van der Waals surface area contributed by atoms with E-state index in [2.05, 4.69) is 10.2 Å². The maximum absolute atomic E-state index is 11.6. The Morgan fingerprint density at radius 1 is 1.22 bits per heavy atom. The number of nitrogens with zero attached hydrogens (tertiary/aromatic N) is 1. The van der Waals surface area contributed by atoms with Crippen LogP contribution in [0.15, 0.2) is 0 Å². The molecule has 2 saturated heterocycles. The molecule has 0 atom stereocenters. The summed E-state index contributed by atoms with van der Waals surface area (Å²) in [6.07, 6.45) is 2.94. The Kier molecular flexibility index (Phi) is 4.31. The zero-order chi connectivity index (χ0) is 13.0. The molecular formula is C12H21N3O3. The van der Waals surface area contributed by atoms with E-state index in [0.29, 0.717) is 19.6 Å². The van der Waals surface area contributed by atoms with Crippen molar-refractivity contribution in [3.63, 3.8) is 0 Å². The summed E-state index contributed by atoms with van der Waals surface area (Å²) in [7, 11) is 0. The van der Waals surface area contributed by atoms with E-state index in [1.54, 1.807) is 0 Å². The molecule has 0 aromatic rings. The van der Waals surface area contributed by atoms with Gasteiger partial charge in [-0.25, -0.2) is 0 Å². The number of carbonyl (C=O) groups excluding carboxylic acids is 2. The molecule has 18 heavy (non-hydrogen) atoms. The topological polar surface area (TPSA) is 84.7 Å². The summed E-state index contributed by atoms with van der Waals surface area (Å²) in [6.45, 7) is 3.63. The Morgan fingerprint density at radius 2 is 1.89 bits per heavy atom. The molecule has 2 heterocycles. The van der Waals surface area contributed by atoms with Crippen LogP contribution in [0.3, 0.4) is 0 Å². The number of rotatable bonds is 5. The smallest absolute Gasteiger partial charge is 0.228 e. The largest absolute Gasteiger partial charge is 0.377 e. The van der Waals surface area contributed by atoms with Crippen LogP contribution in [0.25, 0.3) is 0 Å². The van der Waals surface area contributed by atoms with Crippen molar-refractivity contribution < 1.29 is 14.3 Å². The lowest BCUT2D eigenvalue weighted by Crippen LogP contribution is -2.59. The lowest BCUT2D eigenvalue weighted by atomic mass is 9.94. The number of hydrogen-bond acceptors (Lipinski definition) is 5. The number of amides is 2. The van der Waals surface area contributed by atoms with Crippen molar-refractivity contribution >= 4 is 11.8 Å². The molecule has 2 aliphatic rings. The quantitative estimate of drug-likeness (QED) is 0.674. The van der Waals surface area contributed by atoms with Crippen molar-refractivity contribution in [2.24, 2.45) is 5.73 Å². The molecule has 6 heteroatoms. The normalized spacial score (nSPS) is 22.5. The maximum Gasteiger partial charge on any atom is 0.228 e. The van der Waals surface area contributed by atoms with Crippen LogP contribution >= 0.6 is 0 Å². The Balaban J connectivity index is 1.62. The summed E-state index contributed by atoms with van der Waals surface area (Å²) < 4.78 is 4.96. The van der Waals surface area contributed by atoms with Gasteiger partial charge in [-0.2, -0.15) is 0 Å². The molecule has 0 spiro atoms. The van der Waals surface area contributed by atoms with Gasteiger partial charge in [-0.05, 0) is 25.9 Å². The number of ether oxygens (including phenoxy) is 1. The minimum absolute atomic E-state index is 0.155. The second-order valence-corrected chi connectivity index (χ2v) is 5.30. The highest BCUT2D eigenvalue weighted by molar-refractivity contribution is 5.95. The minimum atomic E-state index is -0.570. The predicted octanol–water partition coefficient (Wildman–Crippen LogP) is -0.767. The SMILES string of the molecule is NC1(CC(=O)NC(=O)CCN2CCCC2)COC1. The van der Waals surface area contributed by atoms with Crippen molar-refractivity contribution in [3.05, 3.63) is 0 Å². The molecule has 0 aromatic heterocycles. The first-order valence-electron chi connectivity index (χ1n) is 6.49. The van der Waals surface area contributed by atoms with Crippen LogP contribution in [0, 0.1) is 0 Å². The highest BCUT2D eigenvalue weighted by Crippen LogP contribution is 2.17. The van der Waals surface area contributed by atoms with Crippen LogP contribution in [-0.2, 0) is 14.3 Å². The number of nitrogens with one attached hydrogen (secondary N) is 1. The molecule has 2 aliphatic heterocycles. The summed E-state index contributed by atoms with van der Waals surface area (Å²) in [5.74, 6) is -0.511. The fraction of sp³-hybridized carbons (Fsp3) is 0.833. The van der Waals surface area contributed by atoms with Crippen LogP contribution in [0.4, 0.5) is 0 Å². The molecule has 0 saturated carbocycles. The average molecular weight is 255 g/mol. The van der Waals surface area contributed by atoms with E-state index in [-0.39, 0.29) is 18.2 Å². The van der Waals surface area contributed by atoms with Crippen LogP contribution in [-0.4, -0.2) is 55.1 Å². The molecule has 3 N–H and O–H groups in total. The van der Waals surface area contributed by atoms with E-state index < -0.39 is 5.54 Å². The zero-order valence-corrected chi connectivity index (χ0v) is 10.6. The van der Waals surface area contributed by atoms with Gasteiger partial charge in [0.25, 0.3) is 0 Å². The molecule has 2 amide bonds. The van der Waals surface area contributed by atoms with Crippen molar-refractivity contribution in [2.75, 3.05) is 32.8 Å². The van der Waals surface area contributed by atoms with Crippen molar-refractivity contribution in [3.8, 4) is 0 Å². The predicted molar refractivity (Wildman–Crippen MR) is 65.8 cm³/mol. The first kappa shape index (κ1) is 13.5. The molecule has 0 aromatic carbocycles. The third-order valence-corrected chi connectivity index (χ3v) is 3.42. The monoisotopic (exact) mass is 255 g/mol. The maximum atomic E-state index is 11.6. The van der Waals surface area contributed by atoms with Gasteiger partial charge in [0.15, 0.2) is 0 Å². The van der Waals surface area contributed by atoms with Crippen LogP contribution < -0.4 is 11.1 Å². The molecule has 0 unspecified atom stereocenters.